The second-order valence-electron chi connectivity index (χ2n) is 5.14. The third-order valence-electron chi connectivity index (χ3n) is 3.39. The van der Waals surface area contributed by atoms with Gasteiger partial charge in [-0.05, 0) is 60.6 Å². The van der Waals surface area contributed by atoms with Crippen LogP contribution >= 0.6 is 35.4 Å². The van der Waals surface area contributed by atoms with Crippen LogP contribution in [-0.4, -0.2) is 11.0 Å². The Morgan fingerprint density at radius 2 is 1.91 bits per heavy atom. The number of amides is 1. The maximum Gasteiger partial charge on any atom is 0.281 e. The zero-order valence-electron chi connectivity index (χ0n) is 12.1. The van der Waals surface area contributed by atoms with Gasteiger partial charge in [-0.1, -0.05) is 41.4 Å². The molecule has 116 valence electrons. The summed E-state index contributed by atoms with van der Waals surface area (Å²) in [6, 6.07) is 12.8. The first-order chi connectivity index (χ1) is 11.0. The second kappa shape index (κ2) is 6.32. The van der Waals surface area contributed by atoms with Crippen molar-refractivity contribution < 1.29 is 4.79 Å². The van der Waals surface area contributed by atoms with Crippen molar-refractivity contribution in [2.24, 2.45) is 0 Å². The van der Waals surface area contributed by atoms with Gasteiger partial charge in [0, 0.05) is 0 Å². The van der Waals surface area contributed by atoms with E-state index in [-0.39, 0.29) is 5.91 Å². The SMILES string of the molecule is Cc1cccc(N2C(=O)/C(=C\c3ccc(Cl)c(Cl)c3)NC2=S)c1. The number of hydrogen-bond donors (Lipinski definition) is 1. The third kappa shape index (κ3) is 3.24. The fraction of sp³-hybridized carbons (Fsp3) is 0.0588. The molecule has 2 aromatic carbocycles. The molecule has 0 radical (unpaired) electrons. The maximum atomic E-state index is 12.6. The van der Waals surface area contributed by atoms with Crippen LogP contribution in [0, 0.1) is 6.92 Å². The number of nitrogens with one attached hydrogen (secondary N) is 1. The van der Waals surface area contributed by atoms with Gasteiger partial charge < -0.3 is 5.32 Å². The fourth-order valence-electron chi connectivity index (χ4n) is 2.31. The number of anilines is 1. The molecule has 3 nitrogen and oxygen atoms in total. The Hall–Kier alpha value is -1.88. The number of benzene rings is 2. The van der Waals surface area contributed by atoms with Crippen molar-refractivity contribution in [1.29, 1.82) is 0 Å². The first kappa shape index (κ1) is 16.0. The van der Waals surface area contributed by atoms with Crippen LogP contribution in [-0.2, 0) is 4.79 Å². The smallest absolute Gasteiger partial charge is 0.281 e. The average molecular weight is 363 g/mol. The van der Waals surface area contributed by atoms with E-state index in [2.05, 4.69) is 5.32 Å². The Labute approximate surface area is 149 Å². The lowest BCUT2D eigenvalue weighted by Gasteiger charge is -2.14. The van der Waals surface area contributed by atoms with Gasteiger partial charge in [0.05, 0.1) is 15.7 Å². The van der Waals surface area contributed by atoms with E-state index in [0.29, 0.717) is 20.9 Å². The highest BCUT2D eigenvalue weighted by Gasteiger charge is 2.31. The topological polar surface area (TPSA) is 32.3 Å². The minimum atomic E-state index is -0.202. The lowest BCUT2D eigenvalue weighted by atomic mass is 10.2. The molecular weight excluding hydrogens is 351 g/mol. The lowest BCUT2D eigenvalue weighted by Crippen LogP contribution is -2.30. The van der Waals surface area contributed by atoms with Crippen molar-refractivity contribution in [1.82, 2.24) is 5.32 Å². The number of hydrogen-bond acceptors (Lipinski definition) is 2. The molecule has 3 rings (SSSR count). The first-order valence-electron chi connectivity index (χ1n) is 6.84. The van der Waals surface area contributed by atoms with Crippen LogP contribution in [0.1, 0.15) is 11.1 Å². The third-order valence-corrected chi connectivity index (χ3v) is 4.42. The van der Waals surface area contributed by atoms with Gasteiger partial charge in [0.15, 0.2) is 5.11 Å². The molecule has 0 saturated carbocycles. The zero-order chi connectivity index (χ0) is 16.6. The molecule has 0 aromatic heterocycles. The minimum Gasteiger partial charge on any atom is -0.327 e. The summed E-state index contributed by atoms with van der Waals surface area (Å²) < 4.78 is 0. The van der Waals surface area contributed by atoms with E-state index in [9.17, 15) is 4.79 Å². The average Bonchev–Trinajstić information content (AvgIpc) is 2.77. The van der Waals surface area contributed by atoms with E-state index in [1.807, 2.05) is 31.2 Å². The van der Waals surface area contributed by atoms with Crippen LogP contribution in [0.2, 0.25) is 10.0 Å². The van der Waals surface area contributed by atoms with Crippen LogP contribution in [0.3, 0.4) is 0 Å². The van der Waals surface area contributed by atoms with E-state index in [1.54, 1.807) is 24.3 Å². The predicted octanol–water partition coefficient (Wildman–Crippen LogP) is 4.56. The summed E-state index contributed by atoms with van der Waals surface area (Å²) >= 11 is 17.2. The van der Waals surface area contributed by atoms with Gasteiger partial charge in [-0.3, -0.25) is 9.69 Å². The predicted molar refractivity (Wildman–Crippen MR) is 98.8 cm³/mol. The first-order valence-corrected chi connectivity index (χ1v) is 8.01. The van der Waals surface area contributed by atoms with Crippen LogP contribution < -0.4 is 10.2 Å². The van der Waals surface area contributed by atoms with Crippen LogP contribution in [0.15, 0.2) is 48.2 Å². The largest absolute Gasteiger partial charge is 0.327 e. The highest BCUT2D eigenvalue weighted by atomic mass is 35.5. The number of carbonyl (C=O) groups excluding carboxylic acids is 1. The second-order valence-corrected chi connectivity index (χ2v) is 6.34. The Morgan fingerprint density at radius 1 is 1.13 bits per heavy atom. The summed E-state index contributed by atoms with van der Waals surface area (Å²) in [5.74, 6) is -0.202. The van der Waals surface area contributed by atoms with E-state index >= 15 is 0 Å². The molecule has 1 saturated heterocycles. The monoisotopic (exact) mass is 362 g/mol. The number of rotatable bonds is 2. The van der Waals surface area contributed by atoms with Crippen molar-refractivity contribution in [2.45, 2.75) is 6.92 Å². The van der Waals surface area contributed by atoms with Crippen molar-refractivity contribution in [3.05, 3.63) is 69.3 Å². The Bertz CT molecular complexity index is 848. The van der Waals surface area contributed by atoms with Gasteiger partial charge in [-0.25, -0.2) is 0 Å². The van der Waals surface area contributed by atoms with Gasteiger partial charge in [0.1, 0.15) is 5.70 Å². The Balaban J connectivity index is 1.94. The molecule has 1 aliphatic rings. The Morgan fingerprint density at radius 3 is 2.61 bits per heavy atom. The van der Waals surface area contributed by atoms with Crippen LogP contribution in [0.4, 0.5) is 5.69 Å². The van der Waals surface area contributed by atoms with Crippen LogP contribution in [0.5, 0.6) is 0 Å². The fourth-order valence-corrected chi connectivity index (χ4v) is 2.91. The summed E-state index contributed by atoms with van der Waals surface area (Å²) in [5, 5.41) is 4.20. The minimum absolute atomic E-state index is 0.202. The summed E-state index contributed by atoms with van der Waals surface area (Å²) in [4.78, 5) is 14.1. The molecular formula is C17H12Cl2N2OS. The summed E-state index contributed by atoms with van der Waals surface area (Å²) in [6.45, 7) is 1.97. The molecule has 0 atom stereocenters. The molecule has 1 heterocycles. The standard InChI is InChI=1S/C17H12Cl2N2OS/c1-10-3-2-4-12(7-10)21-16(22)15(20-17(21)23)9-11-5-6-13(18)14(19)8-11/h2-9H,1H3,(H,20,23)/b15-9+. The molecule has 0 unspecified atom stereocenters. The molecule has 1 aliphatic heterocycles. The van der Waals surface area contributed by atoms with E-state index in [0.717, 1.165) is 16.8 Å². The Kier molecular flexibility index (Phi) is 4.39. The summed E-state index contributed by atoms with van der Waals surface area (Å²) in [6.07, 6.45) is 1.70. The van der Waals surface area contributed by atoms with Gasteiger partial charge in [0.25, 0.3) is 5.91 Å². The quantitative estimate of drug-likeness (QED) is 0.627. The van der Waals surface area contributed by atoms with Crippen molar-refractivity contribution in [2.75, 3.05) is 4.90 Å². The highest BCUT2D eigenvalue weighted by molar-refractivity contribution is 7.80. The molecule has 1 fully saturated rings. The molecule has 23 heavy (non-hydrogen) atoms. The molecule has 2 aromatic rings. The normalized spacial score (nSPS) is 16.1. The zero-order valence-corrected chi connectivity index (χ0v) is 14.5. The molecule has 0 spiro atoms. The summed E-state index contributed by atoms with van der Waals surface area (Å²) in [7, 11) is 0. The lowest BCUT2D eigenvalue weighted by molar-refractivity contribution is -0.113. The molecule has 1 N–H and O–H groups in total. The number of halogens is 2. The number of thiocarbonyl (C=S) groups is 1. The van der Waals surface area contributed by atoms with Gasteiger partial charge >= 0.3 is 0 Å². The van der Waals surface area contributed by atoms with Gasteiger partial charge in [-0.2, -0.15) is 0 Å². The van der Waals surface area contributed by atoms with Crippen LogP contribution in [0.25, 0.3) is 6.08 Å². The van der Waals surface area contributed by atoms with E-state index in [4.69, 9.17) is 35.4 Å². The van der Waals surface area contributed by atoms with Gasteiger partial charge in [0.2, 0.25) is 0 Å². The highest BCUT2D eigenvalue weighted by Crippen LogP contribution is 2.26. The molecule has 1 amide bonds. The summed E-state index contributed by atoms with van der Waals surface area (Å²) in [5.41, 5.74) is 2.96. The van der Waals surface area contributed by atoms with Crippen molar-refractivity contribution in [3.8, 4) is 0 Å². The maximum absolute atomic E-state index is 12.6. The number of nitrogens with zero attached hydrogens (tertiary/aromatic N) is 1. The molecule has 0 bridgehead atoms. The molecule has 6 heteroatoms. The number of aryl methyl sites for hydroxylation is 1. The van der Waals surface area contributed by atoms with E-state index < -0.39 is 0 Å². The van der Waals surface area contributed by atoms with Crippen molar-refractivity contribution >= 4 is 58.2 Å². The van der Waals surface area contributed by atoms with Crippen molar-refractivity contribution in [3.63, 3.8) is 0 Å². The number of carbonyl (C=O) groups is 1. The van der Waals surface area contributed by atoms with E-state index in [1.165, 1.54) is 4.90 Å². The van der Waals surface area contributed by atoms with Gasteiger partial charge in [-0.15, -0.1) is 0 Å². The molecule has 0 aliphatic carbocycles.